The second kappa shape index (κ2) is 10.7. The number of nitrogens with zero attached hydrogens (tertiary/aromatic N) is 1. The number of hydrogen-bond donors (Lipinski definition) is 0. The van der Waals surface area contributed by atoms with Gasteiger partial charge in [-0.15, -0.1) is 0 Å². The van der Waals surface area contributed by atoms with Crippen molar-refractivity contribution in [1.29, 1.82) is 0 Å². The highest BCUT2D eigenvalue weighted by Crippen LogP contribution is 2.45. The van der Waals surface area contributed by atoms with Crippen molar-refractivity contribution in [3.8, 4) is 27.9 Å². The summed E-state index contributed by atoms with van der Waals surface area (Å²) in [5.74, 6) is 0. The van der Waals surface area contributed by atoms with Crippen LogP contribution in [0.2, 0.25) is 0 Å². The second-order valence-corrected chi connectivity index (χ2v) is 13.4. The van der Waals surface area contributed by atoms with Gasteiger partial charge in [-0.1, -0.05) is 140 Å². The highest BCUT2D eigenvalue weighted by Gasteiger charge is 2.19. The molecule has 230 valence electrons. The molecule has 10 aromatic rings. The summed E-state index contributed by atoms with van der Waals surface area (Å²) >= 11 is 0. The molecule has 0 amide bonds. The minimum absolute atomic E-state index is 1.17. The van der Waals surface area contributed by atoms with Crippen LogP contribution >= 0.6 is 0 Å². The summed E-state index contributed by atoms with van der Waals surface area (Å²) in [4.78, 5) is 0. The Morgan fingerprint density at radius 2 is 0.898 bits per heavy atom. The van der Waals surface area contributed by atoms with Crippen LogP contribution in [0.5, 0.6) is 0 Å². The lowest BCUT2D eigenvalue weighted by Crippen LogP contribution is -1.96. The van der Waals surface area contributed by atoms with Crippen LogP contribution in [0.4, 0.5) is 0 Å². The molecule has 0 fully saturated rings. The molecule has 10 rings (SSSR count). The summed E-state index contributed by atoms with van der Waals surface area (Å²) in [6.07, 6.45) is 0. The van der Waals surface area contributed by atoms with Crippen molar-refractivity contribution in [2.45, 2.75) is 13.8 Å². The third-order valence-corrected chi connectivity index (χ3v) is 10.7. The molecule has 0 aliphatic heterocycles. The van der Waals surface area contributed by atoms with Gasteiger partial charge in [0.05, 0.1) is 11.0 Å². The monoisotopic (exact) mass is 623 g/mol. The van der Waals surface area contributed by atoms with Crippen molar-refractivity contribution >= 4 is 64.9 Å². The highest BCUT2D eigenvalue weighted by molar-refractivity contribution is 6.26. The van der Waals surface area contributed by atoms with Crippen molar-refractivity contribution in [2.75, 3.05) is 0 Å². The van der Waals surface area contributed by atoms with Gasteiger partial charge in [0, 0.05) is 21.8 Å². The number of aromatic nitrogens is 1. The van der Waals surface area contributed by atoms with Crippen LogP contribution in [0.15, 0.2) is 164 Å². The number of aryl methyl sites for hydroxylation is 2. The first-order valence-electron chi connectivity index (χ1n) is 17.1. The molecule has 0 saturated heterocycles. The molecular weight excluding hydrogens is 591 g/mol. The maximum Gasteiger partial charge on any atom is 0.0619 e. The molecule has 1 aromatic heterocycles. The fraction of sp³-hybridized carbons (Fsp3) is 0.0417. The first-order valence-corrected chi connectivity index (χ1v) is 17.1. The van der Waals surface area contributed by atoms with Gasteiger partial charge in [-0.3, -0.25) is 0 Å². The van der Waals surface area contributed by atoms with E-state index < -0.39 is 0 Å². The molecule has 0 unspecified atom stereocenters. The van der Waals surface area contributed by atoms with Crippen molar-refractivity contribution in [3.63, 3.8) is 0 Å². The van der Waals surface area contributed by atoms with Crippen molar-refractivity contribution in [2.24, 2.45) is 0 Å². The molecule has 49 heavy (non-hydrogen) atoms. The Balaban J connectivity index is 1.26. The van der Waals surface area contributed by atoms with E-state index in [2.05, 4.69) is 182 Å². The van der Waals surface area contributed by atoms with Crippen LogP contribution < -0.4 is 0 Å². The van der Waals surface area contributed by atoms with Gasteiger partial charge in [0.2, 0.25) is 0 Å². The molecule has 0 saturated carbocycles. The maximum absolute atomic E-state index is 2.49. The number of benzene rings is 9. The van der Waals surface area contributed by atoms with E-state index in [1.54, 1.807) is 0 Å². The van der Waals surface area contributed by atoms with E-state index >= 15 is 0 Å². The average molecular weight is 624 g/mol. The molecular formula is C48H33N. The first kappa shape index (κ1) is 27.9. The number of fused-ring (bicyclic) bond motifs is 9. The summed E-state index contributed by atoms with van der Waals surface area (Å²) < 4.78 is 2.49. The SMILES string of the molecule is Cc1cc2ccc3c4c5ccccc5ccc4n(-c4ccc(-c5c6ccccc6c(-c6ccccc6)c6ccccc56)cc4)c3c2cc1C. The standard InChI is InChI=1S/C48H33N/c1-30-28-35-22-26-42-47-37-15-7-6-12-32(37)23-27-44(47)49(48(42)43(35)29-31(30)2)36-24-20-34(21-25-36)46-40-18-10-8-16-38(40)45(33-13-4-3-5-14-33)39-17-9-11-19-41(39)46/h3-29H,1-2H3. The van der Waals surface area contributed by atoms with E-state index in [0.717, 1.165) is 0 Å². The lowest BCUT2D eigenvalue weighted by Gasteiger charge is -2.18. The summed E-state index contributed by atoms with van der Waals surface area (Å²) in [7, 11) is 0. The van der Waals surface area contributed by atoms with E-state index in [4.69, 9.17) is 0 Å². The van der Waals surface area contributed by atoms with E-state index in [-0.39, 0.29) is 0 Å². The summed E-state index contributed by atoms with van der Waals surface area (Å²) in [5, 5.41) is 12.8. The molecule has 0 radical (unpaired) electrons. The van der Waals surface area contributed by atoms with Gasteiger partial charge >= 0.3 is 0 Å². The third-order valence-electron chi connectivity index (χ3n) is 10.7. The Morgan fingerprint density at radius 3 is 1.55 bits per heavy atom. The van der Waals surface area contributed by atoms with Crippen LogP contribution in [0.3, 0.4) is 0 Å². The first-order chi connectivity index (χ1) is 24.2. The van der Waals surface area contributed by atoms with Gasteiger partial charge in [0.25, 0.3) is 0 Å². The number of rotatable bonds is 3. The number of hydrogen-bond acceptors (Lipinski definition) is 0. The summed E-state index contributed by atoms with van der Waals surface area (Å²) in [6.45, 7) is 4.43. The zero-order valence-corrected chi connectivity index (χ0v) is 27.5. The Bertz CT molecular complexity index is 2870. The topological polar surface area (TPSA) is 4.93 Å². The molecule has 0 bridgehead atoms. The van der Waals surface area contributed by atoms with Crippen LogP contribution in [0.25, 0.3) is 92.8 Å². The average Bonchev–Trinajstić information content (AvgIpc) is 3.50. The molecule has 1 heteroatoms. The fourth-order valence-corrected chi connectivity index (χ4v) is 8.27. The lowest BCUT2D eigenvalue weighted by molar-refractivity contribution is 1.19. The minimum Gasteiger partial charge on any atom is -0.309 e. The molecule has 0 N–H and O–H groups in total. The largest absolute Gasteiger partial charge is 0.309 e. The van der Waals surface area contributed by atoms with Crippen LogP contribution in [-0.4, -0.2) is 4.57 Å². The second-order valence-electron chi connectivity index (χ2n) is 13.4. The van der Waals surface area contributed by atoms with Gasteiger partial charge in [-0.2, -0.15) is 0 Å². The summed E-state index contributed by atoms with van der Waals surface area (Å²) in [5.41, 5.74) is 11.3. The quantitative estimate of drug-likeness (QED) is 0.173. The summed E-state index contributed by atoms with van der Waals surface area (Å²) in [6, 6.07) is 60.6. The molecule has 0 atom stereocenters. The zero-order valence-electron chi connectivity index (χ0n) is 27.5. The van der Waals surface area contributed by atoms with Crippen LogP contribution in [0.1, 0.15) is 11.1 Å². The van der Waals surface area contributed by atoms with E-state index in [9.17, 15) is 0 Å². The smallest absolute Gasteiger partial charge is 0.0619 e. The Hall–Kier alpha value is -6.18. The normalized spacial score (nSPS) is 11.9. The molecule has 1 heterocycles. The maximum atomic E-state index is 2.49. The van der Waals surface area contributed by atoms with Gasteiger partial charge in [0.15, 0.2) is 0 Å². The molecule has 0 spiro atoms. The van der Waals surface area contributed by atoms with Crippen LogP contribution in [0, 0.1) is 13.8 Å². The molecule has 0 aliphatic carbocycles. The van der Waals surface area contributed by atoms with Gasteiger partial charge < -0.3 is 4.57 Å². The van der Waals surface area contributed by atoms with E-state index in [0.29, 0.717) is 0 Å². The predicted molar refractivity (Wildman–Crippen MR) is 211 cm³/mol. The minimum atomic E-state index is 1.17. The van der Waals surface area contributed by atoms with Crippen LogP contribution in [-0.2, 0) is 0 Å². The lowest BCUT2D eigenvalue weighted by atomic mass is 9.86. The molecule has 0 aliphatic rings. The third kappa shape index (κ3) is 4.12. The fourth-order valence-electron chi connectivity index (χ4n) is 8.27. The van der Waals surface area contributed by atoms with Crippen molar-refractivity contribution in [3.05, 3.63) is 175 Å². The van der Waals surface area contributed by atoms with Crippen molar-refractivity contribution < 1.29 is 0 Å². The van der Waals surface area contributed by atoms with Gasteiger partial charge in [-0.25, -0.2) is 0 Å². The Labute approximate surface area is 285 Å². The zero-order chi connectivity index (χ0) is 32.6. The van der Waals surface area contributed by atoms with Crippen molar-refractivity contribution in [1.82, 2.24) is 4.57 Å². The van der Waals surface area contributed by atoms with Gasteiger partial charge in [0.1, 0.15) is 0 Å². The predicted octanol–water partition coefficient (Wildman–Crippen LogP) is 13.3. The molecule has 9 aromatic carbocycles. The Kier molecular flexibility index (Phi) is 6.07. The van der Waals surface area contributed by atoms with E-state index in [1.807, 2.05) is 0 Å². The molecule has 1 nitrogen and oxygen atoms in total. The Morgan fingerprint density at radius 1 is 0.367 bits per heavy atom. The highest BCUT2D eigenvalue weighted by atomic mass is 15.0. The van der Waals surface area contributed by atoms with Gasteiger partial charge in [-0.05, 0) is 109 Å². The van der Waals surface area contributed by atoms with E-state index in [1.165, 1.54) is 104 Å².